The summed E-state index contributed by atoms with van der Waals surface area (Å²) in [6.07, 6.45) is 4.45. The van der Waals surface area contributed by atoms with Crippen molar-refractivity contribution in [3.05, 3.63) is 122 Å². The molecule has 0 saturated heterocycles. The molecule has 2 nitrogen and oxygen atoms in total. The average Bonchev–Trinajstić information content (AvgIpc) is 3.35. The number of nitrogens with zero attached hydrogens (tertiary/aromatic N) is 2. The molecule has 0 atom stereocenters. The second-order valence-electron chi connectivity index (χ2n) is 8.71. The van der Waals surface area contributed by atoms with Crippen molar-refractivity contribution in [2.75, 3.05) is 16.5 Å². The summed E-state index contributed by atoms with van der Waals surface area (Å²) in [6, 6.07) is 39.4. The minimum atomic E-state index is 0.774. The van der Waals surface area contributed by atoms with E-state index in [-0.39, 0.29) is 0 Å². The van der Waals surface area contributed by atoms with Crippen molar-refractivity contribution in [2.24, 2.45) is 0 Å². The van der Waals surface area contributed by atoms with Crippen LogP contribution in [0.5, 0.6) is 0 Å². The second kappa shape index (κ2) is 7.11. The van der Waals surface area contributed by atoms with Gasteiger partial charge in [0.1, 0.15) is 0 Å². The Morgan fingerprint density at radius 1 is 0.394 bits per heavy atom. The molecule has 0 bridgehead atoms. The van der Waals surface area contributed by atoms with E-state index in [9.17, 15) is 0 Å². The number of rotatable bonds is 2. The fourth-order valence-electron chi connectivity index (χ4n) is 5.31. The second-order valence-corrected chi connectivity index (χ2v) is 8.71. The smallest absolute Gasteiger partial charge is 0.0990 e. The Morgan fingerprint density at radius 2 is 0.697 bits per heavy atom. The van der Waals surface area contributed by atoms with Crippen LogP contribution in [0.2, 0.25) is 0 Å². The van der Waals surface area contributed by atoms with E-state index >= 15 is 0 Å². The monoisotopic (exact) mass is 422 g/mol. The highest BCUT2D eigenvalue weighted by Crippen LogP contribution is 2.40. The van der Waals surface area contributed by atoms with Gasteiger partial charge in [0, 0.05) is 33.9 Å². The van der Waals surface area contributed by atoms with Crippen LogP contribution in [0.25, 0.3) is 43.1 Å². The van der Waals surface area contributed by atoms with Gasteiger partial charge in [-0.15, -0.1) is 0 Å². The number of fused-ring (bicyclic) bond motifs is 4. The minimum Gasteiger partial charge on any atom is -0.327 e. The van der Waals surface area contributed by atoms with E-state index < -0.39 is 0 Å². The molecule has 33 heavy (non-hydrogen) atoms. The van der Waals surface area contributed by atoms with Crippen LogP contribution in [-0.2, 0) is 0 Å². The average molecular weight is 423 g/mol. The molecule has 6 aromatic carbocycles. The van der Waals surface area contributed by atoms with Crippen LogP contribution in [0.1, 0.15) is 0 Å². The van der Waals surface area contributed by atoms with Gasteiger partial charge >= 0.3 is 0 Å². The van der Waals surface area contributed by atoms with Gasteiger partial charge in [0.05, 0.1) is 18.0 Å². The Balaban J connectivity index is 1.42. The lowest BCUT2D eigenvalue weighted by Gasteiger charge is -2.26. The number of hydrogen-bond acceptors (Lipinski definition) is 2. The van der Waals surface area contributed by atoms with Crippen molar-refractivity contribution in [2.45, 2.75) is 0 Å². The molecule has 0 saturated carbocycles. The molecule has 1 aliphatic heterocycles. The molecular formula is C31H22N2. The van der Waals surface area contributed by atoms with E-state index in [1.807, 2.05) is 0 Å². The summed E-state index contributed by atoms with van der Waals surface area (Å²) in [7, 11) is 0. The third-order valence-corrected chi connectivity index (χ3v) is 6.79. The summed E-state index contributed by atoms with van der Waals surface area (Å²) in [6.45, 7) is 0.774. The third kappa shape index (κ3) is 2.81. The Bertz CT molecular complexity index is 1480. The highest BCUT2D eigenvalue weighted by atomic mass is 15.3. The molecule has 0 spiro atoms. The Labute approximate surface area is 192 Å². The van der Waals surface area contributed by atoms with Gasteiger partial charge < -0.3 is 9.80 Å². The predicted molar refractivity (Wildman–Crippen MR) is 142 cm³/mol. The van der Waals surface area contributed by atoms with E-state index in [0.717, 1.165) is 6.67 Å². The fourth-order valence-corrected chi connectivity index (χ4v) is 5.31. The normalized spacial score (nSPS) is 13.7. The first-order chi connectivity index (χ1) is 16.4. The maximum absolute atomic E-state index is 2.39. The summed E-state index contributed by atoms with van der Waals surface area (Å²) >= 11 is 0. The van der Waals surface area contributed by atoms with Gasteiger partial charge in [-0.05, 0) is 33.7 Å². The lowest BCUT2D eigenvalue weighted by atomic mass is 10.00. The lowest BCUT2D eigenvalue weighted by Crippen LogP contribution is -2.25. The largest absolute Gasteiger partial charge is 0.327 e. The van der Waals surface area contributed by atoms with E-state index in [4.69, 9.17) is 0 Å². The van der Waals surface area contributed by atoms with Crippen LogP contribution in [-0.4, -0.2) is 6.67 Å². The summed E-state index contributed by atoms with van der Waals surface area (Å²) in [4.78, 5) is 4.78. The highest BCUT2D eigenvalue weighted by Gasteiger charge is 2.22. The topological polar surface area (TPSA) is 6.48 Å². The Hall–Kier alpha value is -4.30. The molecular weight excluding hydrogens is 400 g/mol. The van der Waals surface area contributed by atoms with Crippen molar-refractivity contribution in [1.82, 2.24) is 0 Å². The molecule has 0 N–H and O–H groups in total. The number of benzene rings is 6. The van der Waals surface area contributed by atoms with Crippen molar-refractivity contribution in [3.63, 3.8) is 0 Å². The fraction of sp³-hybridized carbons (Fsp3) is 0.0323. The summed E-state index contributed by atoms with van der Waals surface area (Å²) in [5.74, 6) is 0. The zero-order valence-corrected chi connectivity index (χ0v) is 18.1. The van der Waals surface area contributed by atoms with Crippen LogP contribution in [0.15, 0.2) is 122 Å². The van der Waals surface area contributed by atoms with Crippen LogP contribution in [0, 0.1) is 0 Å². The van der Waals surface area contributed by atoms with Crippen molar-refractivity contribution in [3.8, 4) is 0 Å². The molecule has 156 valence electrons. The van der Waals surface area contributed by atoms with Gasteiger partial charge in [0.2, 0.25) is 0 Å². The highest BCUT2D eigenvalue weighted by molar-refractivity contribution is 6.14. The van der Waals surface area contributed by atoms with Gasteiger partial charge in [-0.1, -0.05) is 97.1 Å². The van der Waals surface area contributed by atoms with Crippen LogP contribution in [0.3, 0.4) is 0 Å². The van der Waals surface area contributed by atoms with E-state index in [0.29, 0.717) is 0 Å². The van der Waals surface area contributed by atoms with E-state index in [1.54, 1.807) is 0 Å². The van der Waals surface area contributed by atoms with Crippen LogP contribution < -0.4 is 9.80 Å². The maximum Gasteiger partial charge on any atom is 0.0990 e. The quantitative estimate of drug-likeness (QED) is 0.260. The zero-order chi connectivity index (χ0) is 21.8. The Kier molecular flexibility index (Phi) is 3.94. The summed E-state index contributed by atoms with van der Waals surface area (Å²) < 4.78 is 0. The lowest BCUT2D eigenvalue weighted by molar-refractivity contribution is 0.991. The van der Waals surface area contributed by atoms with Crippen molar-refractivity contribution in [1.29, 1.82) is 0 Å². The molecule has 1 aliphatic rings. The zero-order valence-electron chi connectivity index (χ0n) is 18.1. The number of anilines is 2. The van der Waals surface area contributed by atoms with Gasteiger partial charge in [-0.25, -0.2) is 0 Å². The maximum atomic E-state index is 2.39. The first-order valence-corrected chi connectivity index (χ1v) is 11.4. The van der Waals surface area contributed by atoms with E-state index in [1.165, 1.54) is 54.5 Å². The van der Waals surface area contributed by atoms with Gasteiger partial charge in [0.25, 0.3) is 0 Å². The minimum absolute atomic E-state index is 0.774. The molecule has 1 heterocycles. The predicted octanol–water partition coefficient (Wildman–Crippen LogP) is 8.05. The summed E-state index contributed by atoms with van der Waals surface area (Å²) in [5, 5.41) is 10.2. The molecule has 0 unspecified atom stereocenters. The molecule has 7 rings (SSSR count). The molecule has 0 radical (unpaired) electrons. The first-order valence-electron chi connectivity index (χ1n) is 11.4. The standard InChI is InChI=1S/C31H22N2/c1-5-13-26-22(9-1)19-23-10-2-6-14-27(23)30(26)32-17-18-33(21-32)31-28-15-7-3-11-24(28)20-25-12-4-8-16-29(25)31/h1-20H,21H2. The SMILES string of the molecule is C1=CN(c2c3ccccc3cc3ccccc23)CN1c1c2ccccc2cc2ccccc12. The Morgan fingerprint density at radius 3 is 1.03 bits per heavy atom. The molecule has 0 aromatic heterocycles. The van der Waals surface area contributed by atoms with Crippen LogP contribution in [0.4, 0.5) is 11.4 Å². The molecule has 0 amide bonds. The van der Waals surface area contributed by atoms with Gasteiger partial charge in [-0.2, -0.15) is 0 Å². The molecule has 2 heteroatoms. The van der Waals surface area contributed by atoms with Crippen molar-refractivity contribution >= 4 is 54.5 Å². The van der Waals surface area contributed by atoms with E-state index in [2.05, 4.69) is 131 Å². The van der Waals surface area contributed by atoms with Crippen LogP contribution >= 0.6 is 0 Å². The molecule has 0 aliphatic carbocycles. The third-order valence-electron chi connectivity index (χ3n) is 6.79. The number of hydrogen-bond donors (Lipinski definition) is 0. The van der Waals surface area contributed by atoms with Gasteiger partial charge in [-0.3, -0.25) is 0 Å². The molecule has 6 aromatic rings. The molecule has 0 fully saturated rings. The first kappa shape index (κ1) is 18.3. The van der Waals surface area contributed by atoms with Crippen molar-refractivity contribution < 1.29 is 0 Å². The summed E-state index contributed by atoms with van der Waals surface area (Å²) in [5.41, 5.74) is 2.54. The van der Waals surface area contributed by atoms with Gasteiger partial charge in [0.15, 0.2) is 0 Å².